The first-order valence-corrected chi connectivity index (χ1v) is 4.36. The van der Waals surface area contributed by atoms with Gasteiger partial charge in [0, 0.05) is 6.20 Å². The van der Waals surface area contributed by atoms with E-state index < -0.39 is 15.5 Å². The SMILES string of the molecule is NN1C=CC=CC1S(=O)(=O)O. The Kier molecular flexibility index (Phi) is 1.99. The maximum Gasteiger partial charge on any atom is 0.291 e. The predicted molar refractivity (Wildman–Crippen MR) is 39.6 cm³/mol. The number of hydrogen-bond donors (Lipinski definition) is 2. The summed E-state index contributed by atoms with van der Waals surface area (Å²) >= 11 is 0. The van der Waals surface area contributed by atoms with Gasteiger partial charge >= 0.3 is 0 Å². The fraction of sp³-hybridized carbons (Fsp3) is 0.200. The Bertz CT molecular complexity index is 293. The molecule has 0 saturated carbocycles. The Morgan fingerprint density at radius 3 is 2.45 bits per heavy atom. The van der Waals surface area contributed by atoms with Crippen LogP contribution in [0.5, 0.6) is 0 Å². The molecule has 0 aliphatic carbocycles. The first-order chi connectivity index (χ1) is 5.02. The van der Waals surface area contributed by atoms with Gasteiger partial charge in [0.25, 0.3) is 10.1 Å². The van der Waals surface area contributed by atoms with Crippen molar-refractivity contribution in [2.75, 3.05) is 0 Å². The summed E-state index contributed by atoms with van der Waals surface area (Å²) in [5.41, 5.74) is 0. The fourth-order valence-electron chi connectivity index (χ4n) is 0.746. The van der Waals surface area contributed by atoms with Crippen LogP contribution in [-0.2, 0) is 10.1 Å². The van der Waals surface area contributed by atoms with E-state index in [4.69, 9.17) is 10.4 Å². The molecule has 0 saturated heterocycles. The van der Waals surface area contributed by atoms with Gasteiger partial charge in [-0.2, -0.15) is 8.42 Å². The van der Waals surface area contributed by atoms with Crippen LogP contribution in [0.15, 0.2) is 24.4 Å². The molecule has 62 valence electrons. The highest BCUT2D eigenvalue weighted by molar-refractivity contribution is 7.86. The molecule has 1 atom stereocenters. The minimum Gasteiger partial charge on any atom is -0.294 e. The van der Waals surface area contributed by atoms with Crippen molar-refractivity contribution >= 4 is 10.1 Å². The normalized spacial score (nSPS) is 24.2. The highest BCUT2D eigenvalue weighted by Crippen LogP contribution is 2.08. The van der Waals surface area contributed by atoms with Gasteiger partial charge in [-0.15, -0.1) is 0 Å². The van der Waals surface area contributed by atoms with Crippen molar-refractivity contribution in [1.29, 1.82) is 0 Å². The number of hydrazine groups is 1. The van der Waals surface area contributed by atoms with Crippen LogP contribution in [0.1, 0.15) is 0 Å². The lowest BCUT2D eigenvalue weighted by atomic mass is 10.4. The van der Waals surface area contributed by atoms with Gasteiger partial charge in [-0.3, -0.25) is 9.56 Å². The van der Waals surface area contributed by atoms with Crippen LogP contribution in [-0.4, -0.2) is 23.4 Å². The molecule has 0 spiro atoms. The monoisotopic (exact) mass is 176 g/mol. The van der Waals surface area contributed by atoms with Crippen LogP contribution in [0.3, 0.4) is 0 Å². The molecule has 1 aliphatic heterocycles. The topological polar surface area (TPSA) is 83.6 Å². The summed E-state index contributed by atoms with van der Waals surface area (Å²) in [4.78, 5) is 0. The number of rotatable bonds is 1. The number of allylic oxidation sites excluding steroid dienone is 2. The van der Waals surface area contributed by atoms with Gasteiger partial charge in [0.05, 0.1) is 0 Å². The van der Waals surface area contributed by atoms with E-state index >= 15 is 0 Å². The van der Waals surface area contributed by atoms with E-state index in [0.29, 0.717) is 0 Å². The van der Waals surface area contributed by atoms with Crippen molar-refractivity contribution in [2.45, 2.75) is 5.37 Å². The summed E-state index contributed by atoms with van der Waals surface area (Å²) in [6.45, 7) is 0. The smallest absolute Gasteiger partial charge is 0.291 e. The van der Waals surface area contributed by atoms with Crippen LogP contribution in [0.25, 0.3) is 0 Å². The fourth-order valence-corrected chi connectivity index (χ4v) is 1.41. The van der Waals surface area contributed by atoms with Gasteiger partial charge in [0.2, 0.25) is 0 Å². The maximum absolute atomic E-state index is 10.5. The molecular formula is C5H8N2O3S. The molecule has 1 heterocycles. The molecule has 0 aromatic carbocycles. The second-order valence-electron chi connectivity index (χ2n) is 2.08. The lowest BCUT2D eigenvalue weighted by molar-refractivity contribution is 0.359. The Morgan fingerprint density at radius 2 is 2.09 bits per heavy atom. The lowest BCUT2D eigenvalue weighted by Crippen LogP contribution is -2.41. The van der Waals surface area contributed by atoms with Crippen molar-refractivity contribution in [2.24, 2.45) is 5.84 Å². The third kappa shape index (κ3) is 1.79. The van der Waals surface area contributed by atoms with Crippen molar-refractivity contribution < 1.29 is 13.0 Å². The predicted octanol–water partition coefficient (Wildman–Crippen LogP) is -0.540. The second kappa shape index (κ2) is 2.65. The molecule has 1 aliphatic rings. The Labute approximate surface area is 64.5 Å². The number of hydrogen-bond acceptors (Lipinski definition) is 4. The first kappa shape index (κ1) is 8.25. The van der Waals surface area contributed by atoms with Crippen LogP contribution in [0.4, 0.5) is 0 Å². The van der Waals surface area contributed by atoms with E-state index in [9.17, 15) is 8.42 Å². The molecule has 0 amide bonds. The van der Waals surface area contributed by atoms with E-state index in [1.165, 1.54) is 18.4 Å². The van der Waals surface area contributed by atoms with Crippen molar-refractivity contribution in [3.63, 3.8) is 0 Å². The zero-order valence-electron chi connectivity index (χ0n) is 5.58. The highest BCUT2D eigenvalue weighted by Gasteiger charge is 2.24. The quantitative estimate of drug-likeness (QED) is 0.414. The Morgan fingerprint density at radius 1 is 1.45 bits per heavy atom. The molecule has 1 rings (SSSR count). The molecule has 6 heteroatoms. The molecule has 1 unspecified atom stereocenters. The van der Waals surface area contributed by atoms with Crippen LogP contribution < -0.4 is 5.84 Å². The molecule has 5 nitrogen and oxygen atoms in total. The van der Waals surface area contributed by atoms with Crippen molar-refractivity contribution in [1.82, 2.24) is 5.01 Å². The average molecular weight is 176 g/mol. The van der Waals surface area contributed by atoms with Gasteiger partial charge in [0.1, 0.15) is 0 Å². The first-order valence-electron chi connectivity index (χ1n) is 2.86. The second-order valence-corrected chi connectivity index (χ2v) is 3.59. The van der Waals surface area contributed by atoms with E-state index in [-0.39, 0.29) is 0 Å². The third-order valence-electron chi connectivity index (χ3n) is 1.24. The minimum atomic E-state index is -4.11. The largest absolute Gasteiger partial charge is 0.294 e. The summed E-state index contributed by atoms with van der Waals surface area (Å²) in [5, 5.41) is -0.248. The van der Waals surface area contributed by atoms with E-state index in [2.05, 4.69) is 0 Å². The Balaban J connectivity index is 2.91. The van der Waals surface area contributed by atoms with Crippen LogP contribution in [0, 0.1) is 0 Å². The standard InChI is InChI=1S/C5H8N2O3S/c6-7-4-2-1-3-5(7)11(8,9)10/h1-5H,6H2,(H,8,9,10). The molecule has 3 N–H and O–H groups in total. The molecule has 0 aromatic heterocycles. The Hall–Kier alpha value is -0.850. The van der Waals surface area contributed by atoms with Crippen LogP contribution in [0.2, 0.25) is 0 Å². The summed E-state index contributed by atoms with van der Waals surface area (Å²) in [6, 6.07) is 0. The van der Waals surface area contributed by atoms with E-state index in [1.807, 2.05) is 0 Å². The van der Waals surface area contributed by atoms with Gasteiger partial charge in [-0.25, -0.2) is 5.84 Å². The summed E-state index contributed by atoms with van der Waals surface area (Å²) in [7, 11) is -4.11. The molecule has 11 heavy (non-hydrogen) atoms. The third-order valence-corrected chi connectivity index (χ3v) is 2.25. The number of nitrogens with zero attached hydrogens (tertiary/aromatic N) is 1. The summed E-state index contributed by atoms with van der Waals surface area (Å²) in [5.74, 6) is 5.22. The summed E-state index contributed by atoms with van der Waals surface area (Å²) in [6.07, 6.45) is 5.72. The average Bonchev–Trinajstić information content (AvgIpc) is 1.86. The molecular weight excluding hydrogens is 168 g/mol. The zero-order chi connectivity index (χ0) is 8.48. The van der Waals surface area contributed by atoms with E-state index in [0.717, 1.165) is 5.01 Å². The maximum atomic E-state index is 10.5. The molecule has 0 aromatic rings. The molecule has 0 bridgehead atoms. The molecule has 0 radical (unpaired) electrons. The van der Waals surface area contributed by atoms with Gasteiger partial charge < -0.3 is 0 Å². The van der Waals surface area contributed by atoms with Gasteiger partial charge in [0.15, 0.2) is 5.37 Å². The van der Waals surface area contributed by atoms with Gasteiger partial charge in [-0.05, 0) is 12.2 Å². The molecule has 0 fully saturated rings. The van der Waals surface area contributed by atoms with E-state index in [1.54, 1.807) is 6.08 Å². The highest BCUT2D eigenvalue weighted by atomic mass is 32.2. The van der Waals surface area contributed by atoms with Crippen molar-refractivity contribution in [3.05, 3.63) is 24.4 Å². The minimum absolute atomic E-state index is 0.912. The zero-order valence-corrected chi connectivity index (χ0v) is 6.40. The summed E-state index contributed by atoms with van der Waals surface area (Å²) < 4.78 is 29.7. The number of nitrogens with two attached hydrogens (primary N) is 1. The van der Waals surface area contributed by atoms with Crippen LogP contribution >= 0.6 is 0 Å². The van der Waals surface area contributed by atoms with Crippen molar-refractivity contribution in [3.8, 4) is 0 Å². The van der Waals surface area contributed by atoms with Gasteiger partial charge in [-0.1, -0.05) is 6.08 Å². The lowest BCUT2D eigenvalue weighted by Gasteiger charge is -2.21.